The van der Waals surface area contributed by atoms with Crippen LogP contribution in [0.5, 0.6) is 0 Å². The SMILES string of the molecule is CCOC(=O)C1=CCN(S(=O)(=O)c2ccccc2[N+](=O)[O-])C1c1ccc(C)cc1. The average Bonchev–Trinajstić information content (AvgIpc) is 3.15. The molecule has 1 heterocycles. The molecule has 0 bridgehead atoms. The third-order valence-corrected chi connectivity index (χ3v) is 6.50. The fraction of sp³-hybridized carbons (Fsp3) is 0.250. The summed E-state index contributed by atoms with van der Waals surface area (Å²) in [6.07, 6.45) is 1.49. The number of carbonyl (C=O) groups is 1. The minimum atomic E-state index is -4.27. The highest BCUT2D eigenvalue weighted by atomic mass is 32.2. The van der Waals surface area contributed by atoms with Crippen molar-refractivity contribution in [3.63, 3.8) is 0 Å². The van der Waals surface area contributed by atoms with E-state index >= 15 is 0 Å². The van der Waals surface area contributed by atoms with Crippen LogP contribution >= 0.6 is 0 Å². The van der Waals surface area contributed by atoms with Crippen LogP contribution in [0, 0.1) is 17.0 Å². The smallest absolute Gasteiger partial charge is 0.335 e. The summed E-state index contributed by atoms with van der Waals surface area (Å²) >= 11 is 0. The van der Waals surface area contributed by atoms with Crippen LogP contribution in [0.4, 0.5) is 5.69 Å². The molecule has 0 aromatic heterocycles. The predicted molar refractivity (Wildman–Crippen MR) is 106 cm³/mol. The van der Waals surface area contributed by atoms with E-state index in [1.807, 2.05) is 19.1 Å². The second-order valence-corrected chi connectivity index (χ2v) is 8.35. The van der Waals surface area contributed by atoms with Crippen molar-refractivity contribution >= 4 is 21.7 Å². The Bertz CT molecular complexity index is 1080. The summed E-state index contributed by atoms with van der Waals surface area (Å²) < 4.78 is 32.9. The first-order chi connectivity index (χ1) is 13.8. The van der Waals surface area contributed by atoms with E-state index in [9.17, 15) is 23.3 Å². The molecule has 152 valence electrons. The number of nitrogens with zero attached hydrogens (tertiary/aromatic N) is 2. The number of sulfonamides is 1. The van der Waals surface area contributed by atoms with Gasteiger partial charge in [0.05, 0.1) is 23.1 Å². The number of para-hydroxylation sites is 1. The lowest BCUT2D eigenvalue weighted by molar-refractivity contribution is -0.387. The van der Waals surface area contributed by atoms with Gasteiger partial charge in [0.25, 0.3) is 15.7 Å². The van der Waals surface area contributed by atoms with E-state index in [1.165, 1.54) is 24.3 Å². The molecule has 0 radical (unpaired) electrons. The van der Waals surface area contributed by atoms with Gasteiger partial charge in [-0.3, -0.25) is 10.1 Å². The molecular weight excluding hydrogens is 396 g/mol. The Morgan fingerprint density at radius 3 is 2.48 bits per heavy atom. The Hall–Kier alpha value is -3.04. The Labute approximate surface area is 168 Å². The van der Waals surface area contributed by atoms with Gasteiger partial charge >= 0.3 is 5.97 Å². The fourth-order valence-corrected chi connectivity index (χ4v) is 4.95. The molecule has 0 aliphatic carbocycles. The van der Waals surface area contributed by atoms with Gasteiger partial charge in [-0.25, -0.2) is 13.2 Å². The number of hydrogen-bond donors (Lipinski definition) is 0. The lowest BCUT2D eigenvalue weighted by Gasteiger charge is -2.26. The maximum absolute atomic E-state index is 13.4. The second-order valence-electron chi connectivity index (χ2n) is 6.49. The Balaban J connectivity index is 2.11. The summed E-state index contributed by atoms with van der Waals surface area (Å²) in [5.74, 6) is -0.613. The lowest BCUT2D eigenvalue weighted by Crippen LogP contribution is -2.33. The number of carbonyl (C=O) groups excluding carboxylic acids is 1. The summed E-state index contributed by atoms with van der Waals surface area (Å²) in [4.78, 5) is 22.7. The number of benzene rings is 2. The first kappa shape index (κ1) is 20.7. The molecule has 3 rings (SSSR count). The van der Waals surface area contributed by atoms with Crippen LogP contribution in [0.3, 0.4) is 0 Å². The van der Waals surface area contributed by atoms with Crippen molar-refractivity contribution < 1.29 is 22.9 Å². The van der Waals surface area contributed by atoms with E-state index in [2.05, 4.69) is 0 Å². The zero-order chi connectivity index (χ0) is 21.2. The minimum absolute atomic E-state index is 0.0962. The van der Waals surface area contributed by atoms with Crippen molar-refractivity contribution in [2.75, 3.05) is 13.2 Å². The minimum Gasteiger partial charge on any atom is -0.463 e. The summed E-state index contributed by atoms with van der Waals surface area (Å²) in [5.41, 5.74) is 1.23. The summed E-state index contributed by atoms with van der Waals surface area (Å²) in [6, 6.07) is 11.3. The molecule has 8 nitrogen and oxygen atoms in total. The maximum Gasteiger partial charge on any atom is 0.335 e. The molecule has 1 atom stereocenters. The Morgan fingerprint density at radius 2 is 1.86 bits per heavy atom. The largest absolute Gasteiger partial charge is 0.463 e. The van der Waals surface area contributed by atoms with Crippen molar-refractivity contribution in [2.45, 2.75) is 24.8 Å². The Morgan fingerprint density at radius 1 is 1.21 bits per heavy atom. The molecule has 1 aliphatic heterocycles. The van der Waals surface area contributed by atoms with Gasteiger partial charge in [0.2, 0.25) is 0 Å². The molecule has 2 aromatic rings. The van der Waals surface area contributed by atoms with Gasteiger partial charge in [0.15, 0.2) is 4.90 Å². The predicted octanol–water partition coefficient (Wildman–Crippen LogP) is 3.14. The van der Waals surface area contributed by atoms with Crippen LogP contribution < -0.4 is 0 Å². The summed E-state index contributed by atoms with van der Waals surface area (Å²) in [7, 11) is -4.27. The number of nitro groups is 1. The average molecular weight is 416 g/mol. The van der Waals surface area contributed by atoms with E-state index in [-0.39, 0.29) is 18.7 Å². The quantitative estimate of drug-likeness (QED) is 0.407. The highest BCUT2D eigenvalue weighted by Crippen LogP contribution is 2.39. The number of esters is 1. The second kappa shape index (κ2) is 8.14. The van der Waals surface area contributed by atoms with Crippen molar-refractivity contribution in [3.05, 3.63) is 81.4 Å². The molecule has 0 fully saturated rings. The fourth-order valence-electron chi connectivity index (χ4n) is 3.25. The molecule has 1 unspecified atom stereocenters. The summed E-state index contributed by atoms with van der Waals surface area (Å²) in [6.45, 7) is 3.60. The first-order valence-corrected chi connectivity index (χ1v) is 10.4. The number of rotatable bonds is 6. The molecule has 0 spiro atoms. The number of aryl methyl sites for hydroxylation is 1. The normalized spacial score (nSPS) is 17.0. The van der Waals surface area contributed by atoms with E-state index in [0.29, 0.717) is 5.56 Å². The third-order valence-electron chi connectivity index (χ3n) is 4.63. The van der Waals surface area contributed by atoms with Gasteiger partial charge in [0, 0.05) is 12.6 Å². The molecule has 9 heteroatoms. The highest BCUT2D eigenvalue weighted by molar-refractivity contribution is 7.89. The van der Waals surface area contributed by atoms with Crippen LogP contribution in [0.25, 0.3) is 0 Å². The molecule has 1 aliphatic rings. The van der Waals surface area contributed by atoms with Gasteiger partial charge in [-0.15, -0.1) is 0 Å². The zero-order valence-electron chi connectivity index (χ0n) is 15.9. The van der Waals surface area contributed by atoms with Gasteiger partial charge in [-0.1, -0.05) is 48.0 Å². The molecule has 0 saturated carbocycles. The van der Waals surface area contributed by atoms with Crippen LogP contribution in [0.15, 0.2) is 65.1 Å². The van der Waals surface area contributed by atoms with Gasteiger partial charge < -0.3 is 4.74 Å². The number of nitro benzene ring substituents is 1. The molecular formula is C20H20N2O6S. The van der Waals surface area contributed by atoms with E-state index in [1.54, 1.807) is 19.1 Å². The Kier molecular flexibility index (Phi) is 5.81. The first-order valence-electron chi connectivity index (χ1n) is 8.96. The number of hydrogen-bond acceptors (Lipinski definition) is 6. The monoisotopic (exact) mass is 416 g/mol. The van der Waals surface area contributed by atoms with Gasteiger partial charge in [-0.2, -0.15) is 4.31 Å². The molecule has 0 saturated heterocycles. The summed E-state index contributed by atoms with van der Waals surface area (Å²) in [5, 5.41) is 11.4. The van der Waals surface area contributed by atoms with E-state index in [4.69, 9.17) is 4.74 Å². The van der Waals surface area contributed by atoms with Crippen molar-refractivity contribution in [2.24, 2.45) is 0 Å². The van der Waals surface area contributed by atoms with E-state index in [0.717, 1.165) is 15.9 Å². The van der Waals surface area contributed by atoms with Crippen molar-refractivity contribution in [3.8, 4) is 0 Å². The standard InChI is InChI=1S/C20H20N2O6S/c1-3-28-20(23)16-12-13-21(19(16)15-10-8-14(2)9-11-15)29(26,27)18-7-5-4-6-17(18)22(24)25/h4-12,19H,3,13H2,1-2H3. The molecule has 2 aromatic carbocycles. The van der Waals surface area contributed by atoms with Gasteiger partial charge in [-0.05, 0) is 25.5 Å². The third kappa shape index (κ3) is 3.92. The number of ether oxygens (including phenoxy) is 1. The maximum atomic E-state index is 13.4. The zero-order valence-corrected chi connectivity index (χ0v) is 16.8. The van der Waals surface area contributed by atoms with Crippen LogP contribution in [0.2, 0.25) is 0 Å². The van der Waals surface area contributed by atoms with Crippen LogP contribution in [-0.4, -0.2) is 36.8 Å². The topological polar surface area (TPSA) is 107 Å². The lowest BCUT2D eigenvalue weighted by atomic mass is 10.00. The van der Waals surface area contributed by atoms with Crippen LogP contribution in [0.1, 0.15) is 24.1 Å². The van der Waals surface area contributed by atoms with Crippen molar-refractivity contribution in [1.82, 2.24) is 4.31 Å². The molecule has 29 heavy (non-hydrogen) atoms. The van der Waals surface area contributed by atoms with Crippen molar-refractivity contribution in [1.29, 1.82) is 0 Å². The van der Waals surface area contributed by atoms with Crippen LogP contribution in [-0.2, 0) is 19.6 Å². The molecule has 0 N–H and O–H groups in total. The molecule has 0 amide bonds. The van der Waals surface area contributed by atoms with E-state index < -0.39 is 37.5 Å². The highest BCUT2D eigenvalue weighted by Gasteiger charge is 2.43. The van der Waals surface area contributed by atoms with Gasteiger partial charge in [0.1, 0.15) is 0 Å².